The topological polar surface area (TPSA) is 232 Å². The first kappa shape index (κ1) is 34.9. The number of nitrogens with one attached hydrogen (secondary N) is 1. The van der Waals surface area contributed by atoms with Gasteiger partial charge >= 0.3 is 18.9 Å². The molecule has 2 aliphatic heterocycles. The molecule has 3 aromatic heterocycles. The number of amides is 2. The van der Waals surface area contributed by atoms with Crippen molar-refractivity contribution >= 4 is 55.4 Å². The number of aliphatic hydroxyl groups excluding tert-OH is 5. The van der Waals surface area contributed by atoms with E-state index >= 15 is 0 Å². The number of hydrogen-bond donors (Lipinski definition) is 8. The zero-order valence-electron chi connectivity index (χ0n) is 27.3. The summed E-state index contributed by atoms with van der Waals surface area (Å²) < 4.78 is 7.43. The van der Waals surface area contributed by atoms with E-state index in [0.717, 1.165) is 10.7 Å². The van der Waals surface area contributed by atoms with Crippen LogP contribution in [0.5, 0.6) is 11.5 Å². The van der Waals surface area contributed by atoms with Crippen molar-refractivity contribution in [2.24, 2.45) is 0 Å². The molecule has 1 fully saturated rings. The summed E-state index contributed by atoms with van der Waals surface area (Å²) in [4.78, 5) is 37.9. The fourth-order valence-corrected chi connectivity index (χ4v) is 7.17. The number of phenols is 2. The van der Waals surface area contributed by atoms with Crippen molar-refractivity contribution in [1.29, 1.82) is 0 Å². The summed E-state index contributed by atoms with van der Waals surface area (Å²) in [5.41, 5.74) is 5.46. The van der Waals surface area contributed by atoms with Gasteiger partial charge in [-0.3, -0.25) is 14.6 Å². The van der Waals surface area contributed by atoms with Crippen LogP contribution in [0.2, 0.25) is 0 Å². The molecular formula is C35H32LiN5O10. The number of aromatic hydroxyl groups is 2. The average Bonchev–Trinajstić information content (AvgIpc) is 3.72. The number of aromatic nitrogens is 3. The number of aryl methyl sites for hydroxylation is 1. The SMILES string of the molecule is O=C1c2c(c3c4ccc(O)cc4n(C4OC(CO)C(O)C(O)C4O)c3c3[n-]c4cc(O)ccc4c23)C(=O)N1NCc1ccc(CCCO)nc1.[Li+]. The van der Waals surface area contributed by atoms with Crippen molar-refractivity contribution in [3.63, 3.8) is 0 Å². The van der Waals surface area contributed by atoms with Crippen molar-refractivity contribution < 1.29 is 68.9 Å². The third-order valence-electron chi connectivity index (χ3n) is 9.56. The van der Waals surface area contributed by atoms with Gasteiger partial charge in [-0.15, -0.1) is 11.0 Å². The fourth-order valence-electron chi connectivity index (χ4n) is 7.17. The van der Waals surface area contributed by atoms with Gasteiger partial charge in [0, 0.05) is 47.4 Å². The predicted molar refractivity (Wildman–Crippen MR) is 177 cm³/mol. The molecular weight excluding hydrogens is 657 g/mol. The van der Waals surface area contributed by atoms with Gasteiger partial charge < -0.3 is 50.0 Å². The molecule has 15 nitrogen and oxygen atoms in total. The molecule has 1 saturated heterocycles. The van der Waals surface area contributed by atoms with Crippen molar-refractivity contribution in [2.75, 3.05) is 13.2 Å². The minimum Gasteiger partial charge on any atom is -0.655 e. The number of ether oxygens (including phenoxy) is 1. The zero-order valence-corrected chi connectivity index (χ0v) is 27.3. The Balaban J connectivity index is 0.00000406. The summed E-state index contributed by atoms with van der Waals surface area (Å²) in [7, 11) is 0. The Hall–Kier alpha value is -4.53. The average molecular weight is 690 g/mol. The summed E-state index contributed by atoms with van der Waals surface area (Å²) in [5.74, 6) is -1.60. The van der Waals surface area contributed by atoms with E-state index in [1.165, 1.54) is 28.8 Å². The van der Waals surface area contributed by atoms with E-state index in [2.05, 4.69) is 10.4 Å². The quantitative estimate of drug-likeness (QED) is 0.0644. The number of rotatable bonds is 8. The van der Waals surface area contributed by atoms with E-state index in [9.17, 15) is 40.2 Å². The van der Waals surface area contributed by atoms with E-state index in [1.54, 1.807) is 18.3 Å². The van der Waals surface area contributed by atoms with Gasteiger partial charge in [-0.2, -0.15) is 0 Å². The summed E-state index contributed by atoms with van der Waals surface area (Å²) in [6.07, 6.45) is -5.09. The minimum absolute atomic E-state index is 0. The van der Waals surface area contributed by atoms with Crippen molar-refractivity contribution in [3.05, 3.63) is 77.1 Å². The number of fused-ring (bicyclic) bond motifs is 10. The van der Waals surface area contributed by atoms with Gasteiger partial charge in [0.25, 0.3) is 11.8 Å². The standard InChI is InChI=1S/C35H33N5O10.Li/c41-9-1-2-16-4-3-15(12-36-16)13-37-40-33(48)26-24-19-7-5-17(43)10-21(19)38-28(24)29-25(27(26)34(40)49)20-8-6-18(44)11-22(20)39(29)35-32(47)31(46)30(45)23(14-42)50-35;/h3-8,10-12,23,30-32,35,37,41-42,45-47H,1-2,9,13-14H2,(H3,38,43,44,48,49);/q;+1/p-1. The zero-order chi connectivity index (χ0) is 35.0. The number of benzene rings is 3. The molecule has 2 aliphatic rings. The summed E-state index contributed by atoms with van der Waals surface area (Å²) in [6, 6.07) is 12.4. The number of hydrogen-bond acceptors (Lipinski definition) is 12. The number of carbonyl (C=O) groups is 2. The van der Waals surface area contributed by atoms with Crippen LogP contribution in [0.1, 0.15) is 44.6 Å². The second-order valence-electron chi connectivity index (χ2n) is 12.6. The third-order valence-corrected chi connectivity index (χ3v) is 9.56. The molecule has 0 radical (unpaired) electrons. The van der Waals surface area contributed by atoms with Gasteiger partial charge in [-0.25, -0.2) is 10.4 Å². The van der Waals surface area contributed by atoms with Crippen LogP contribution in [-0.2, 0) is 17.7 Å². The molecule has 5 atom stereocenters. The van der Waals surface area contributed by atoms with Crippen LogP contribution in [0, 0.1) is 0 Å². The predicted octanol–water partition coefficient (Wildman–Crippen LogP) is -1.93. The Morgan fingerprint density at radius 2 is 1.57 bits per heavy atom. The maximum Gasteiger partial charge on any atom is 1.00 e. The molecule has 8 N–H and O–H groups in total. The van der Waals surface area contributed by atoms with E-state index in [0.29, 0.717) is 34.7 Å². The first-order valence-corrected chi connectivity index (χ1v) is 16.0. The van der Waals surface area contributed by atoms with Crippen LogP contribution in [0.3, 0.4) is 0 Å². The molecule has 2 amide bonds. The second-order valence-corrected chi connectivity index (χ2v) is 12.6. The first-order valence-electron chi connectivity index (χ1n) is 16.0. The van der Waals surface area contributed by atoms with E-state index in [4.69, 9.17) is 14.8 Å². The van der Waals surface area contributed by atoms with E-state index < -0.39 is 49.1 Å². The molecule has 0 aliphatic carbocycles. The Morgan fingerprint density at radius 1 is 0.863 bits per heavy atom. The van der Waals surface area contributed by atoms with E-state index in [-0.39, 0.29) is 82.0 Å². The van der Waals surface area contributed by atoms with Gasteiger partial charge in [0.2, 0.25) is 0 Å². The summed E-state index contributed by atoms with van der Waals surface area (Å²) in [6.45, 7) is -0.580. The Bertz CT molecular complexity index is 2340. The number of aliphatic hydroxyl groups is 5. The number of hydrazine groups is 1. The van der Waals surface area contributed by atoms with Crippen molar-refractivity contribution in [1.82, 2.24) is 25.0 Å². The third kappa shape index (κ3) is 5.37. The molecule has 51 heavy (non-hydrogen) atoms. The number of carbonyl (C=O) groups excluding carboxylic acids is 2. The first-order chi connectivity index (χ1) is 24.1. The molecule has 0 spiro atoms. The molecule has 16 heteroatoms. The van der Waals surface area contributed by atoms with Gasteiger partial charge in [-0.1, -0.05) is 12.1 Å². The largest absolute Gasteiger partial charge is 1.00 e. The molecule has 0 saturated carbocycles. The number of imide groups is 1. The molecule has 5 heterocycles. The Kier molecular flexibility index (Phi) is 9.05. The van der Waals surface area contributed by atoms with Gasteiger partial charge in [-0.05, 0) is 59.5 Å². The number of phenolic OH excluding ortho intramolecular Hbond substituents is 2. The van der Waals surface area contributed by atoms with Crippen LogP contribution in [0.15, 0.2) is 54.7 Å². The fraction of sp³-hybridized carbons (Fsp3) is 0.286. The van der Waals surface area contributed by atoms with Crippen LogP contribution < -0.4 is 29.3 Å². The monoisotopic (exact) mass is 689 g/mol. The van der Waals surface area contributed by atoms with Gasteiger partial charge in [0.1, 0.15) is 35.9 Å². The summed E-state index contributed by atoms with van der Waals surface area (Å²) >= 11 is 0. The summed E-state index contributed by atoms with van der Waals surface area (Å²) in [5, 5.41) is 74.9. The maximum absolute atomic E-state index is 14.4. The number of nitrogens with zero attached hydrogens (tertiary/aromatic N) is 4. The number of pyridine rings is 1. The van der Waals surface area contributed by atoms with Gasteiger partial charge in [0.15, 0.2) is 6.23 Å². The smallest absolute Gasteiger partial charge is 0.655 e. The normalized spacial score (nSPS) is 22.1. The molecule has 5 unspecified atom stereocenters. The van der Waals surface area contributed by atoms with Crippen LogP contribution in [-0.4, -0.2) is 99.7 Å². The van der Waals surface area contributed by atoms with Crippen molar-refractivity contribution in [2.45, 2.75) is 50.0 Å². The second kappa shape index (κ2) is 13.2. The molecule has 0 bridgehead atoms. The molecule has 3 aromatic carbocycles. The van der Waals surface area contributed by atoms with E-state index in [1.807, 2.05) is 12.1 Å². The maximum atomic E-state index is 14.4. The molecule has 6 aromatic rings. The molecule has 258 valence electrons. The Labute approximate surface area is 300 Å². The van der Waals surface area contributed by atoms with Gasteiger partial charge in [0.05, 0.1) is 23.3 Å². The Morgan fingerprint density at radius 3 is 2.25 bits per heavy atom. The van der Waals surface area contributed by atoms with Crippen LogP contribution in [0.4, 0.5) is 0 Å². The minimum atomic E-state index is -1.75. The van der Waals surface area contributed by atoms with Crippen LogP contribution in [0.25, 0.3) is 43.6 Å². The van der Waals surface area contributed by atoms with Crippen LogP contribution >= 0.6 is 0 Å². The molecule has 8 rings (SSSR count). The van der Waals surface area contributed by atoms with Crippen molar-refractivity contribution in [3.8, 4) is 11.5 Å².